The minimum atomic E-state index is -0.726. The van der Waals surface area contributed by atoms with Crippen LogP contribution in [0.25, 0.3) is 0 Å². The smallest absolute Gasteiger partial charge is 0.162 e. The SMILES string of the molecule is CC1(c2cccc(F)c2F)CCCC1. The van der Waals surface area contributed by atoms with Crippen molar-refractivity contribution in [1.82, 2.24) is 0 Å². The minimum absolute atomic E-state index is 0.147. The molecule has 0 spiro atoms. The molecule has 1 saturated carbocycles. The summed E-state index contributed by atoms with van der Waals surface area (Å²) < 4.78 is 26.6. The van der Waals surface area contributed by atoms with Crippen LogP contribution in [0.2, 0.25) is 0 Å². The van der Waals surface area contributed by atoms with E-state index in [0.717, 1.165) is 25.7 Å². The van der Waals surface area contributed by atoms with Crippen molar-refractivity contribution < 1.29 is 8.78 Å². The van der Waals surface area contributed by atoms with Gasteiger partial charge in [0.1, 0.15) is 0 Å². The maximum absolute atomic E-state index is 13.5. The molecule has 1 aromatic carbocycles. The third-order valence-electron chi connectivity index (χ3n) is 3.31. The highest BCUT2D eigenvalue weighted by Crippen LogP contribution is 2.41. The quantitative estimate of drug-likeness (QED) is 0.641. The molecule has 1 aromatic rings. The Morgan fingerprint density at radius 3 is 2.43 bits per heavy atom. The van der Waals surface area contributed by atoms with Crippen LogP contribution in [0.5, 0.6) is 0 Å². The fourth-order valence-corrected chi connectivity index (χ4v) is 2.39. The molecule has 2 heteroatoms. The summed E-state index contributed by atoms with van der Waals surface area (Å²) in [6.45, 7) is 2.03. The van der Waals surface area contributed by atoms with Crippen LogP contribution in [0.3, 0.4) is 0 Å². The van der Waals surface area contributed by atoms with E-state index in [0.29, 0.717) is 5.56 Å². The first-order valence-electron chi connectivity index (χ1n) is 5.08. The Morgan fingerprint density at radius 2 is 1.79 bits per heavy atom. The Balaban J connectivity index is 2.45. The Hall–Kier alpha value is -0.920. The summed E-state index contributed by atoms with van der Waals surface area (Å²) in [5.74, 6) is -1.38. The third-order valence-corrected chi connectivity index (χ3v) is 3.31. The summed E-state index contributed by atoms with van der Waals surface area (Å²) >= 11 is 0. The first-order valence-corrected chi connectivity index (χ1v) is 5.08. The van der Waals surface area contributed by atoms with Gasteiger partial charge in [-0.2, -0.15) is 0 Å². The van der Waals surface area contributed by atoms with Gasteiger partial charge in [0, 0.05) is 0 Å². The molecule has 0 bridgehead atoms. The molecule has 0 unspecified atom stereocenters. The summed E-state index contributed by atoms with van der Waals surface area (Å²) in [5, 5.41) is 0. The predicted molar refractivity (Wildman–Crippen MR) is 52.2 cm³/mol. The average molecular weight is 196 g/mol. The standard InChI is InChI=1S/C12H14F2/c1-12(7-2-3-8-12)9-5-4-6-10(13)11(9)14/h4-6H,2-3,7-8H2,1H3. The summed E-state index contributed by atoms with van der Waals surface area (Å²) in [6.07, 6.45) is 4.17. The molecule has 0 aromatic heterocycles. The van der Waals surface area contributed by atoms with Gasteiger partial charge in [-0.3, -0.25) is 0 Å². The molecular weight excluding hydrogens is 182 g/mol. The minimum Gasteiger partial charge on any atom is -0.204 e. The van der Waals surface area contributed by atoms with Crippen molar-refractivity contribution >= 4 is 0 Å². The van der Waals surface area contributed by atoms with Gasteiger partial charge in [0.25, 0.3) is 0 Å². The molecule has 1 aliphatic carbocycles. The fraction of sp³-hybridized carbons (Fsp3) is 0.500. The highest BCUT2D eigenvalue weighted by Gasteiger charge is 2.33. The van der Waals surface area contributed by atoms with Gasteiger partial charge in [0.05, 0.1) is 0 Å². The number of hydrogen-bond donors (Lipinski definition) is 0. The molecule has 0 atom stereocenters. The van der Waals surface area contributed by atoms with Crippen molar-refractivity contribution in [3.8, 4) is 0 Å². The van der Waals surface area contributed by atoms with Gasteiger partial charge in [0.2, 0.25) is 0 Å². The van der Waals surface area contributed by atoms with Gasteiger partial charge in [0.15, 0.2) is 11.6 Å². The van der Waals surface area contributed by atoms with Crippen LogP contribution in [-0.2, 0) is 5.41 Å². The molecule has 14 heavy (non-hydrogen) atoms. The first kappa shape index (κ1) is 9.63. The summed E-state index contributed by atoms with van der Waals surface area (Å²) in [5.41, 5.74) is 0.404. The zero-order valence-corrected chi connectivity index (χ0v) is 8.32. The van der Waals surface area contributed by atoms with Gasteiger partial charge in [-0.25, -0.2) is 8.78 Å². The second-order valence-electron chi connectivity index (χ2n) is 4.37. The summed E-state index contributed by atoms with van der Waals surface area (Å²) in [7, 11) is 0. The van der Waals surface area contributed by atoms with Crippen molar-refractivity contribution in [1.29, 1.82) is 0 Å². The second kappa shape index (κ2) is 3.34. The predicted octanol–water partition coefficient (Wildman–Crippen LogP) is 3.80. The van der Waals surface area contributed by atoms with E-state index in [1.165, 1.54) is 6.07 Å². The van der Waals surface area contributed by atoms with Crippen LogP contribution in [0.15, 0.2) is 18.2 Å². The van der Waals surface area contributed by atoms with E-state index >= 15 is 0 Å². The molecule has 1 fully saturated rings. The maximum atomic E-state index is 13.5. The van der Waals surface area contributed by atoms with Gasteiger partial charge >= 0.3 is 0 Å². The summed E-state index contributed by atoms with van der Waals surface area (Å²) in [4.78, 5) is 0. The normalized spacial score (nSPS) is 19.9. The Kier molecular flexibility index (Phi) is 2.30. The molecule has 1 aliphatic rings. The third kappa shape index (κ3) is 1.43. The molecule has 0 aliphatic heterocycles. The second-order valence-corrected chi connectivity index (χ2v) is 4.37. The Labute approximate surface area is 82.9 Å². The molecule has 0 heterocycles. The fourth-order valence-electron chi connectivity index (χ4n) is 2.39. The molecule has 0 saturated heterocycles. The molecule has 2 rings (SSSR count). The van der Waals surface area contributed by atoms with Crippen LogP contribution in [0.1, 0.15) is 38.2 Å². The molecular formula is C12H14F2. The summed E-state index contributed by atoms with van der Waals surface area (Å²) in [6, 6.07) is 4.48. The lowest BCUT2D eigenvalue weighted by molar-refractivity contribution is 0.429. The van der Waals surface area contributed by atoms with Crippen LogP contribution >= 0.6 is 0 Å². The van der Waals surface area contributed by atoms with Crippen molar-refractivity contribution in [2.75, 3.05) is 0 Å². The van der Waals surface area contributed by atoms with E-state index in [9.17, 15) is 8.78 Å². The Bertz CT molecular complexity index is 338. The van der Waals surface area contributed by atoms with E-state index in [4.69, 9.17) is 0 Å². The van der Waals surface area contributed by atoms with E-state index in [1.807, 2.05) is 6.92 Å². The van der Waals surface area contributed by atoms with E-state index in [-0.39, 0.29) is 5.41 Å². The number of benzene rings is 1. The largest absolute Gasteiger partial charge is 0.204 e. The van der Waals surface area contributed by atoms with Crippen LogP contribution in [0.4, 0.5) is 8.78 Å². The van der Waals surface area contributed by atoms with Crippen molar-refractivity contribution in [2.24, 2.45) is 0 Å². The van der Waals surface area contributed by atoms with Crippen molar-refractivity contribution in [2.45, 2.75) is 38.0 Å². The van der Waals surface area contributed by atoms with E-state index in [1.54, 1.807) is 12.1 Å². The number of halogens is 2. The first-order chi connectivity index (χ1) is 6.63. The number of rotatable bonds is 1. The van der Waals surface area contributed by atoms with Crippen LogP contribution in [0, 0.1) is 11.6 Å². The van der Waals surface area contributed by atoms with Crippen LogP contribution < -0.4 is 0 Å². The van der Waals surface area contributed by atoms with E-state index in [2.05, 4.69) is 0 Å². The van der Waals surface area contributed by atoms with Gasteiger partial charge in [-0.15, -0.1) is 0 Å². The highest BCUT2D eigenvalue weighted by molar-refractivity contribution is 5.28. The zero-order valence-electron chi connectivity index (χ0n) is 8.32. The van der Waals surface area contributed by atoms with Crippen molar-refractivity contribution in [3.63, 3.8) is 0 Å². The molecule has 76 valence electrons. The van der Waals surface area contributed by atoms with Gasteiger partial charge < -0.3 is 0 Å². The maximum Gasteiger partial charge on any atom is 0.162 e. The van der Waals surface area contributed by atoms with E-state index < -0.39 is 11.6 Å². The zero-order chi connectivity index (χ0) is 10.2. The molecule has 0 N–H and O–H groups in total. The van der Waals surface area contributed by atoms with Crippen LogP contribution in [-0.4, -0.2) is 0 Å². The molecule has 0 nitrogen and oxygen atoms in total. The Morgan fingerprint density at radius 1 is 1.14 bits per heavy atom. The molecule has 0 amide bonds. The number of hydrogen-bond acceptors (Lipinski definition) is 0. The van der Waals surface area contributed by atoms with Crippen molar-refractivity contribution in [3.05, 3.63) is 35.4 Å². The lowest BCUT2D eigenvalue weighted by atomic mass is 9.81. The highest BCUT2D eigenvalue weighted by atomic mass is 19.2. The lowest BCUT2D eigenvalue weighted by Crippen LogP contribution is -2.19. The van der Waals surface area contributed by atoms with Gasteiger partial charge in [-0.1, -0.05) is 31.9 Å². The lowest BCUT2D eigenvalue weighted by Gasteiger charge is -2.24. The van der Waals surface area contributed by atoms with Gasteiger partial charge in [-0.05, 0) is 29.9 Å². The monoisotopic (exact) mass is 196 g/mol. The molecule has 0 radical (unpaired) electrons. The average Bonchev–Trinajstić information content (AvgIpc) is 2.58. The topological polar surface area (TPSA) is 0 Å².